The number of allylic oxidation sites excluding steroid dienone is 2. The first-order chi connectivity index (χ1) is 13.5. The maximum atomic E-state index is 13.2. The molecule has 0 aromatic heterocycles. The van der Waals surface area contributed by atoms with E-state index in [9.17, 15) is 21.6 Å². The summed E-state index contributed by atoms with van der Waals surface area (Å²) in [5.41, 5.74) is 0.696. The fourth-order valence-electron chi connectivity index (χ4n) is 3.90. The second-order valence-electron chi connectivity index (χ2n) is 7.95. The highest BCUT2D eigenvalue weighted by Crippen LogP contribution is 2.36. The van der Waals surface area contributed by atoms with E-state index in [1.165, 1.54) is 18.2 Å². The predicted molar refractivity (Wildman–Crippen MR) is 113 cm³/mol. The van der Waals surface area contributed by atoms with Crippen molar-refractivity contribution in [3.63, 3.8) is 0 Å². The van der Waals surface area contributed by atoms with Gasteiger partial charge in [0.2, 0.25) is 0 Å². The molecule has 2 aliphatic rings. The summed E-state index contributed by atoms with van der Waals surface area (Å²) >= 11 is 0. The molecule has 0 N–H and O–H groups in total. The SMILES string of the molecule is CCN1CC(=O)C(C)C1S(=O)(=O)C1=CCC(C)(S(=O)(=O)Cc2ccccc2)C=C1. The van der Waals surface area contributed by atoms with Gasteiger partial charge in [-0.1, -0.05) is 56.3 Å². The van der Waals surface area contributed by atoms with E-state index in [-0.39, 0.29) is 29.4 Å². The Kier molecular flexibility index (Phi) is 5.91. The quantitative estimate of drug-likeness (QED) is 0.679. The van der Waals surface area contributed by atoms with Crippen molar-refractivity contribution >= 4 is 25.5 Å². The van der Waals surface area contributed by atoms with Crippen LogP contribution in [0.4, 0.5) is 0 Å². The lowest BCUT2D eigenvalue weighted by molar-refractivity contribution is -0.119. The maximum absolute atomic E-state index is 13.2. The number of hydrogen-bond donors (Lipinski definition) is 0. The Bertz CT molecular complexity index is 1060. The molecule has 0 spiro atoms. The third kappa shape index (κ3) is 3.98. The van der Waals surface area contributed by atoms with Gasteiger partial charge in [0, 0.05) is 5.92 Å². The summed E-state index contributed by atoms with van der Waals surface area (Å²) < 4.78 is 51.2. The molecular formula is C21H27NO5S2. The molecule has 29 heavy (non-hydrogen) atoms. The maximum Gasteiger partial charge on any atom is 0.194 e. The molecule has 3 unspecified atom stereocenters. The number of likely N-dealkylation sites (N-methyl/N-ethyl adjacent to an activating group) is 1. The van der Waals surface area contributed by atoms with Gasteiger partial charge in [0.25, 0.3) is 0 Å². The van der Waals surface area contributed by atoms with Crippen LogP contribution in [0.3, 0.4) is 0 Å². The van der Waals surface area contributed by atoms with Crippen molar-refractivity contribution in [2.75, 3.05) is 13.1 Å². The first kappa shape index (κ1) is 21.9. The highest BCUT2D eigenvalue weighted by Gasteiger charge is 2.47. The molecule has 1 aliphatic carbocycles. The van der Waals surface area contributed by atoms with Crippen LogP contribution in [0.5, 0.6) is 0 Å². The summed E-state index contributed by atoms with van der Waals surface area (Å²) in [5, 5.41) is -0.902. The molecule has 1 aromatic rings. The van der Waals surface area contributed by atoms with E-state index in [1.54, 1.807) is 43.0 Å². The first-order valence-corrected chi connectivity index (χ1v) is 12.9. The second-order valence-corrected chi connectivity index (χ2v) is 12.5. The van der Waals surface area contributed by atoms with Crippen LogP contribution in [0.1, 0.15) is 32.8 Å². The minimum atomic E-state index is -3.78. The number of hydrogen-bond acceptors (Lipinski definition) is 6. The summed E-state index contributed by atoms with van der Waals surface area (Å²) in [6.07, 6.45) is 4.44. The number of carbonyl (C=O) groups is 1. The molecular weight excluding hydrogens is 410 g/mol. The lowest BCUT2D eigenvalue weighted by Crippen LogP contribution is -2.40. The van der Waals surface area contributed by atoms with Crippen molar-refractivity contribution in [3.05, 3.63) is 59.0 Å². The predicted octanol–water partition coefficient (Wildman–Crippen LogP) is 2.49. The number of benzene rings is 1. The van der Waals surface area contributed by atoms with E-state index < -0.39 is 35.7 Å². The average Bonchev–Trinajstić information content (AvgIpc) is 2.97. The Morgan fingerprint density at radius 1 is 1.14 bits per heavy atom. The van der Waals surface area contributed by atoms with Gasteiger partial charge in [-0.3, -0.25) is 9.69 Å². The summed E-state index contributed by atoms with van der Waals surface area (Å²) in [7, 11) is -7.32. The van der Waals surface area contributed by atoms with Crippen LogP contribution in [0.25, 0.3) is 0 Å². The van der Waals surface area contributed by atoms with Crippen LogP contribution < -0.4 is 0 Å². The van der Waals surface area contributed by atoms with E-state index in [0.717, 1.165) is 0 Å². The molecule has 158 valence electrons. The molecule has 1 heterocycles. The largest absolute Gasteiger partial charge is 0.298 e. The first-order valence-electron chi connectivity index (χ1n) is 9.68. The number of sulfone groups is 2. The van der Waals surface area contributed by atoms with Crippen LogP contribution in [0, 0.1) is 5.92 Å². The van der Waals surface area contributed by atoms with Crippen LogP contribution in [0.2, 0.25) is 0 Å². The minimum absolute atomic E-state index is 0.0778. The van der Waals surface area contributed by atoms with Gasteiger partial charge in [-0.25, -0.2) is 16.8 Å². The highest BCUT2D eigenvalue weighted by atomic mass is 32.2. The third-order valence-corrected chi connectivity index (χ3v) is 10.7. The molecule has 0 saturated carbocycles. The van der Waals surface area contributed by atoms with E-state index in [0.29, 0.717) is 12.1 Å². The summed E-state index contributed by atoms with van der Waals surface area (Å²) in [6.45, 7) is 5.66. The monoisotopic (exact) mass is 437 g/mol. The summed E-state index contributed by atoms with van der Waals surface area (Å²) in [4.78, 5) is 13.8. The highest BCUT2D eigenvalue weighted by molar-refractivity contribution is 7.96. The smallest absolute Gasteiger partial charge is 0.194 e. The second kappa shape index (κ2) is 7.81. The van der Waals surface area contributed by atoms with E-state index in [1.807, 2.05) is 13.0 Å². The zero-order valence-corrected chi connectivity index (χ0v) is 18.5. The lowest BCUT2D eigenvalue weighted by atomic mass is 10.0. The molecule has 0 bridgehead atoms. The van der Waals surface area contributed by atoms with Gasteiger partial charge in [0.15, 0.2) is 25.5 Å². The van der Waals surface area contributed by atoms with Gasteiger partial charge in [0.05, 0.1) is 21.9 Å². The van der Waals surface area contributed by atoms with Gasteiger partial charge in [-0.05, 0) is 31.5 Å². The molecule has 3 atom stereocenters. The van der Waals surface area contributed by atoms with Crippen molar-refractivity contribution in [1.82, 2.24) is 4.90 Å². The molecule has 1 aromatic carbocycles. The molecule has 8 heteroatoms. The molecule has 3 rings (SSSR count). The van der Waals surface area contributed by atoms with E-state index >= 15 is 0 Å². The third-order valence-electron chi connectivity index (χ3n) is 5.93. The van der Waals surface area contributed by atoms with Gasteiger partial charge in [-0.15, -0.1) is 0 Å². The number of carbonyl (C=O) groups excluding carboxylic acids is 1. The van der Waals surface area contributed by atoms with Crippen LogP contribution in [-0.2, 0) is 30.2 Å². The van der Waals surface area contributed by atoms with E-state index in [4.69, 9.17) is 0 Å². The molecule has 6 nitrogen and oxygen atoms in total. The zero-order chi connectivity index (χ0) is 21.4. The Labute approximate surface area is 173 Å². The number of ketones is 1. The van der Waals surface area contributed by atoms with Gasteiger partial charge >= 0.3 is 0 Å². The van der Waals surface area contributed by atoms with Gasteiger partial charge in [0.1, 0.15) is 5.37 Å². The van der Waals surface area contributed by atoms with Crippen LogP contribution in [0.15, 0.2) is 53.5 Å². The topological polar surface area (TPSA) is 88.6 Å². The standard InChI is InChI=1S/C21H27NO5S2/c1-4-22-14-19(23)16(2)20(22)29(26,27)18-10-12-21(3,13-11-18)28(24,25)15-17-8-6-5-7-9-17/h5-12,16,20H,4,13-15H2,1-3H3. The normalized spacial score (nSPS) is 28.5. The Morgan fingerprint density at radius 2 is 1.79 bits per heavy atom. The van der Waals surface area contributed by atoms with Gasteiger partial charge in [-0.2, -0.15) is 0 Å². The van der Waals surface area contributed by atoms with Crippen molar-refractivity contribution in [3.8, 4) is 0 Å². The Hall–Kier alpha value is -1.77. The molecule has 1 aliphatic heterocycles. The summed E-state index contributed by atoms with van der Waals surface area (Å²) in [6, 6.07) is 8.93. The molecule has 0 radical (unpaired) electrons. The molecule has 0 amide bonds. The minimum Gasteiger partial charge on any atom is -0.298 e. The molecule has 1 saturated heterocycles. The van der Waals surface area contributed by atoms with Crippen LogP contribution >= 0.6 is 0 Å². The van der Waals surface area contributed by atoms with Gasteiger partial charge < -0.3 is 0 Å². The van der Waals surface area contributed by atoms with Crippen molar-refractivity contribution in [2.45, 2.75) is 43.1 Å². The molecule has 1 fully saturated rings. The zero-order valence-electron chi connectivity index (χ0n) is 16.9. The number of Topliss-reactive ketones (excluding diaryl/α,β-unsaturated/α-hetero) is 1. The lowest BCUT2D eigenvalue weighted by Gasteiger charge is -2.30. The Balaban J connectivity index is 1.84. The average molecular weight is 438 g/mol. The summed E-state index contributed by atoms with van der Waals surface area (Å²) in [5.74, 6) is -0.803. The van der Waals surface area contributed by atoms with Crippen molar-refractivity contribution in [1.29, 1.82) is 0 Å². The number of rotatable bonds is 6. The van der Waals surface area contributed by atoms with E-state index in [2.05, 4.69) is 0 Å². The number of nitrogens with zero attached hydrogens (tertiary/aromatic N) is 1. The van der Waals surface area contributed by atoms with Crippen LogP contribution in [-0.4, -0.2) is 50.7 Å². The van der Waals surface area contributed by atoms with Crippen molar-refractivity contribution in [2.24, 2.45) is 5.92 Å². The van der Waals surface area contributed by atoms with Crippen molar-refractivity contribution < 1.29 is 21.6 Å². The fraction of sp³-hybridized carbons (Fsp3) is 0.476. The fourth-order valence-corrected chi connectivity index (χ4v) is 7.63. The number of likely N-dealkylation sites (tertiary alicyclic amines) is 1. The Morgan fingerprint density at radius 3 is 2.34 bits per heavy atom.